The second-order valence-corrected chi connectivity index (χ2v) is 4.57. The first kappa shape index (κ1) is 15.1. The molecule has 21 heavy (non-hydrogen) atoms. The van der Waals surface area contributed by atoms with Crippen LogP contribution in [-0.4, -0.2) is 36.2 Å². The fourth-order valence-electron chi connectivity index (χ4n) is 2.10. The van der Waals surface area contributed by atoms with Gasteiger partial charge in [-0.25, -0.2) is 0 Å². The van der Waals surface area contributed by atoms with E-state index in [9.17, 15) is 14.9 Å². The molecule has 1 N–H and O–H groups in total. The molecule has 0 saturated carbocycles. The number of non-ortho nitro benzene ring substituents is 1. The molecule has 0 bridgehead atoms. The fourth-order valence-corrected chi connectivity index (χ4v) is 2.10. The number of nitro groups is 1. The van der Waals surface area contributed by atoms with Gasteiger partial charge in [0.1, 0.15) is 0 Å². The number of aromatic amines is 1. The van der Waals surface area contributed by atoms with Crippen molar-refractivity contribution in [1.29, 1.82) is 0 Å². The summed E-state index contributed by atoms with van der Waals surface area (Å²) in [6.07, 6.45) is 0.294. The number of nitrogens with one attached hydrogen (secondary N) is 1. The summed E-state index contributed by atoms with van der Waals surface area (Å²) in [5, 5.41) is 11.4. The number of fused-ring (bicyclic) bond motifs is 1. The first-order valence-electron chi connectivity index (χ1n) is 6.41. The Morgan fingerprint density at radius 3 is 2.67 bits per heavy atom. The molecule has 0 aliphatic carbocycles. The lowest BCUT2D eigenvalue weighted by Gasteiger charge is -2.11. The first-order chi connectivity index (χ1) is 10.0. The number of benzene rings is 1. The van der Waals surface area contributed by atoms with Gasteiger partial charge in [0.25, 0.3) is 5.69 Å². The molecular formula is C14H16N2O5. The van der Waals surface area contributed by atoms with E-state index in [4.69, 9.17) is 9.47 Å². The lowest BCUT2D eigenvalue weighted by molar-refractivity contribution is -0.384. The lowest BCUT2D eigenvalue weighted by atomic mass is 10.1. The number of ether oxygens (including phenoxy) is 2. The van der Waals surface area contributed by atoms with Crippen molar-refractivity contribution in [3.8, 4) is 0 Å². The maximum atomic E-state index is 12.1. The van der Waals surface area contributed by atoms with Crippen molar-refractivity contribution in [1.82, 2.24) is 4.98 Å². The predicted molar refractivity (Wildman–Crippen MR) is 76.3 cm³/mol. The zero-order valence-electron chi connectivity index (χ0n) is 11.8. The Balaban J connectivity index is 2.15. The van der Waals surface area contributed by atoms with E-state index in [1.54, 1.807) is 12.1 Å². The standard InChI is InChI=1S/C14H16N2O5/c1-20-14(21-2)6-5-13(17)12-8-9-7-10(16(18)19)3-4-11(9)15-12/h3-4,7-8,14-15H,5-6H2,1-2H3. The molecule has 2 rings (SSSR count). The molecule has 0 fully saturated rings. The molecule has 1 aromatic heterocycles. The molecule has 0 atom stereocenters. The van der Waals surface area contributed by atoms with Crippen LogP contribution in [-0.2, 0) is 9.47 Å². The Bertz CT molecular complexity index is 660. The average Bonchev–Trinajstić information content (AvgIpc) is 2.91. The number of nitro benzene ring substituents is 1. The third kappa shape index (κ3) is 3.45. The van der Waals surface area contributed by atoms with Crippen molar-refractivity contribution in [2.45, 2.75) is 19.1 Å². The van der Waals surface area contributed by atoms with Crippen LogP contribution in [0.25, 0.3) is 10.9 Å². The van der Waals surface area contributed by atoms with Gasteiger partial charge in [-0.15, -0.1) is 0 Å². The van der Waals surface area contributed by atoms with Gasteiger partial charge < -0.3 is 14.5 Å². The number of carbonyl (C=O) groups excluding carboxylic acids is 1. The largest absolute Gasteiger partial charge is 0.356 e. The molecule has 0 aliphatic heterocycles. The SMILES string of the molecule is COC(CCC(=O)c1cc2cc([N+](=O)[O-])ccc2[nH]1)OC. The summed E-state index contributed by atoms with van der Waals surface area (Å²) >= 11 is 0. The summed E-state index contributed by atoms with van der Waals surface area (Å²) in [7, 11) is 3.03. The predicted octanol–water partition coefficient (Wildman–Crippen LogP) is 2.66. The molecule has 7 heteroatoms. The number of ketones is 1. The van der Waals surface area contributed by atoms with Crippen LogP contribution in [0.15, 0.2) is 24.3 Å². The number of H-pyrrole nitrogens is 1. The van der Waals surface area contributed by atoms with Crippen LogP contribution in [0.4, 0.5) is 5.69 Å². The molecule has 0 saturated heterocycles. The molecule has 112 valence electrons. The normalized spacial score (nSPS) is 11.2. The van der Waals surface area contributed by atoms with Gasteiger partial charge in [0.05, 0.1) is 10.6 Å². The van der Waals surface area contributed by atoms with Crippen LogP contribution in [0.2, 0.25) is 0 Å². The van der Waals surface area contributed by atoms with E-state index >= 15 is 0 Å². The summed E-state index contributed by atoms with van der Waals surface area (Å²) in [5.74, 6) is -0.0899. The Kier molecular flexibility index (Phi) is 4.66. The van der Waals surface area contributed by atoms with Gasteiger partial charge in [-0.05, 0) is 12.1 Å². The third-order valence-electron chi connectivity index (χ3n) is 3.25. The minimum atomic E-state index is -0.463. The number of rotatable bonds is 7. The molecule has 1 heterocycles. The number of hydrogen-bond acceptors (Lipinski definition) is 5. The van der Waals surface area contributed by atoms with E-state index in [0.29, 0.717) is 23.0 Å². The maximum absolute atomic E-state index is 12.1. The highest BCUT2D eigenvalue weighted by Crippen LogP contribution is 2.22. The van der Waals surface area contributed by atoms with E-state index in [1.165, 1.54) is 26.4 Å². The Morgan fingerprint density at radius 1 is 1.33 bits per heavy atom. The van der Waals surface area contributed by atoms with Crippen LogP contribution >= 0.6 is 0 Å². The van der Waals surface area contributed by atoms with Crippen molar-refractivity contribution in [3.63, 3.8) is 0 Å². The van der Waals surface area contributed by atoms with E-state index in [0.717, 1.165) is 0 Å². The number of carbonyl (C=O) groups is 1. The van der Waals surface area contributed by atoms with Crippen LogP contribution in [0.5, 0.6) is 0 Å². The summed E-state index contributed by atoms with van der Waals surface area (Å²) in [6, 6.07) is 6.06. The summed E-state index contributed by atoms with van der Waals surface area (Å²) in [5.41, 5.74) is 1.12. The monoisotopic (exact) mass is 292 g/mol. The van der Waals surface area contributed by atoms with Crippen LogP contribution < -0.4 is 0 Å². The molecule has 2 aromatic rings. The third-order valence-corrected chi connectivity index (χ3v) is 3.25. The first-order valence-corrected chi connectivity index (χ1v) is 6.41. The zero-order chi connectivity index (χ0) is 15.4. The Labute approximate surface area is 121 Å². The minimum absolute atomic E-state index is 0.000621. The van der Waals surface area contributed by atoms with Crippen molar-refractivity contribution in [2.75, 3.05) is 14.2 Å². The van der Waals surface area contributed by atoms with Gasteiger partial charge in [-0.1, -0.05) is 0 Å². The number of aromatic nitrogens is 1. The molecule has 0 aliphatic rings. The molecule has 0 spiro atoms. The second kappa shape index (κ2) is 6.47. The number of nitrogens with zero attached hydrogens (tertiary/aromatic N) is 1. The van der Waals surface area contributed by atoms with Crippen LogP contribution in [0, 0.1) is 10.1 Å². The number of hydrogen-bond donors (Lipinski definition) is 1. The van der Waals surface area contributed by atoms with Gasteiger partial charge in [0.2, 0.25) is 0 Å². The Morgan fingerprint density at radius 2 is 2.05 bits per heavy atom. The summed E-state index contributed by atoms with van der Waals surface area (Å²) in [4.78, 5) is 25.3. The molecule has 7 nitrogen and oxygen atoms in total. The van der Waals surface area contributed by atoms with Gasteiger partial charge >= 0.3 is 0 Å². The highest BCUT2D eigenvalue weighted by molar-refractivity contribution is 5.99. The number of methoxy groups -OCH3 is 2. The highest BCUT2D eigenvalue weighted by atomic mass is 16.7. The molecule has 0 radical (unpaired) electrons. The summed E-state index contributed by atoms with van der Waals surface area (Å²) < 4.78 is 10.1. The van der Waals surface area contributed by atoms with Gasteiger partial charge in [0, 0.05) is 50.1 Å². The molecule has 0 unspecified atom stereocenters. The second-order valence-electron chi connectivity index (χ2n) is 4.57. The maximum Gasteiger partial charge on any atom is 0.270 e. The molecule has 0 amide bonds. The quantitative estimate of drug-likeness (QED) is 0.366. The number of Topliss-reactive ketones (excluding diaryl/α,β-unsaturated/α-hetero) is 1. The van der Waals surface area contributed by atoms with E-state index in [1.807, 2.05) is 0 Å². The van der Waals surface area contributed by atoms with Gasteiger partial charge in [0.15, 0.2) is 12.1 Å². The average molecular weight is 292 g/mol. The van der Waals surface area contributed by atoms with Crippen molar-refractivity contribution in [3.05, 3.63) is 40.1 Å². The molecular weight excluding hydrogens is 276 g/mol. The summed E-state index contributed by atoms with van der Waals surface area (Å²) in [6.45, 7) is 0. The van der Waals surface area contributed by atoms with Crippen LogP contribution in [0.1, 0.15) is 23.3 Å². The highest BCUT2D eigenvalue weighted by Gasteiger charge is 2.14. The topological polar surface area (TPSA) is 94.5 Å². The minimum Gasteiger partial charge on any atom is -0.356 e. The van der Waals surface area contributed by atoms with Crippen molar-refractivity contribution >= 4 is 22.4 Å². The smallest absolute Gasteiger partial charge is 0.270 e. The van der Waals surface area contributed by atoms with Crippen molar-refractivity contribution in [2.24, 2.45) is 0 Å². The van der Waals surface area contributed by atoms with Crippen LogP contribution in [0.3, 0.4) is 0 Å². The fraction of sp³-hybridized carbons (Fsp3) is 0.357. The van der Waals surface area contributed by atoms with E-state index < -0.39 is 11.2 Å². The van der Waals surface area contributed by atoms with E-state index in [-0.39, 0.29) is 17.9 Å². The lowest BCUT2D eigenvalue weighted by Crippen LogP contribution is -2.14. The Hall–Kier alpha value is -2.25. The molecule has 1 aromatic carbocycles. The van der Waals surface area contributed by atoms with Gasteiger partial charge in [-0.3, -0.25) is 14.9 Å². The zero-order valence-corrected chi connectivity index (χ0v) is 11.8. The van der Waals surface area contributed by atoms with E-state index in [2.05, 4.69) is 4.98 Å². The van der Waals surface area contributed by atoms with Gasteiger partial charge in [-0.2, -0.15) is 0 Å². The van der Waals surface area contributed by atoms with Crippen molar-refractivity contribution < 1.29 is 19.2 Å².